The fraction of sp³-hybridized carbons (Fsp3) is 0.700. The van der Waals surface area contributed by atoms with Gasteiger partial charge in [0, 0.05) is 24.6 Å². The largest absolute Gasteiger partial charge is 0.355 e. The third-order valence-corrected chi connectivity index (χ3v) is 2.86. The molecule has 3 nitrogen and oxygen atoms in total. The number of rotatable bonds is 7. The molecule has 0 aromatic rings. The first kappa shape index (κ1) is 13.5. The molecule has 0 spiro atoms. The Hall–Kier alpha value is -0.480. The van der Waals surface area contributed by atoms with E-state index in [0.29, 0.717) is 13.1 Å². The van der Waals surface area contributed by atoms with Gasteiger partial charge in [-0.2, -0.15) is 11.8 Å². The van der Waals surface area contributed by atoms with Gasteiger partial charge in [-0.1, -0.05) is 6.08 Å². The van der Waals surface area contributed by atoms with E-state index in [2.05, 4.69) is 11.9 Å². The first-order chi connectivity index (χ1) is 6.54. The molecule has 0 heterocycles. The predicted molar refractivity (Wildman–Crippen MR) is 63.4 cm³/mol. The van der Waals surface area contributed by atoms with Crippen LogP contribution >= 0.6 is 11.8 Å². The van der Waals surface area contributed by atoms with Crippen molar-refractivity contribution >= 4 is 17.7 Å². The van der Waals surface area contributed by atoms with Gasteiger partial charge in [0.1, 0.15) is 0 Å². The number of carbonyl (C=O) groups excluding carboxylic acids is 1. The van der Waals surface area contributed by atoms with Crippen LogP contribution in [0.3, 0.4) is 0 Å². The van der Waals surface area contributed by atoms with Crippen molar-refractivity contribution in [1.29, 1.82) is 0 Å². The molecule has 0 bridgehead atoms. The minimum absolute atomic E-state index is 0.0270. The molecule has 3 N–H and O–H groups in total. The molecule has 0 radical (unpaired) electrons. The topological polar surface area (TPSA) is 55.1 Å². The van der Waals surface area contributed by atoms with Gasteiger partial charge in [-0.15, -0.1) is 6.58 Å². The van der Waals surface area contributed by atoms with Crippen LogP contribution in [0.1, 0.15) is 13.8 Å². The summed E-state index contributed by atoms with van der Waals surface area (Å²) in [5.41, 5.74) is 5.02. The van der Waals surface area contributed by atoms with Crippen LogP contribution in [0, 0.1) is 5.41 Å². The molecule has 0 aliphatic rings. The van der Waals surface area contributed by atoms with E-state index in [-0.39, 0.29) is 5.91 Å². The monoisotopic (exact) mass is 216 g/mol. The Morgan fingerprint density at radius 3 is 2.79 bits per heavy atom. The van der Waals surface area contributed by atoms with Gasteiger partial charge < -0.3 is 11.1 Å². The Kier molecular flexibility index (Phi) is 6.66. The van der Waals surface area contributed by atoms with Gasteiger partial charge in [-0.05, 0) is 13.8 Å². The van der Waals surface area contributed by atoms with E-state index in [1.54, 1.807) is 11.8 Å². The Bertz CT molecular complexity index is 193. The molecule has 0 fully saturated rings. The minimum atomic E-state index is -0.455. The molecular weight excluding hydrogens is 196 g/mol. The highest BCUT2D eigenvalue weighted by atomic mass is 32.2. The van der Waals surface area contributed by atoms with Gasteiger partial charge in [0.2, 0.25) is 5.91 Å². The molecule has 0 aromatic heterocycles. The van der Waals surface area contributed by atoms with Crippen LogP contribution in [0.4, 0.5) is 0 Å². The van der Waals surface area contributed by atoms with E-state index >= 15 is 0 Å². The van der Waals surface area contributed by atoms with Crippen LogP contribution in [0.15, 0.2) is 12.7 Å². The maximum Gasteiger partial charge on any atom is 0.226 e. The van der Waals surface area contributed by atoms with Crippen LogP contribution in [-0.4, -0.2) is 30.5 Å². The summed E-state index contributed by atoms with van der Waals surface area (Å²) in [7, 11) is 0. The second-order valence-corrected chi connectivity index (χ2v) is 4.86. The lowest BCUT2D eigenvalue weighted by molar-refractivity contribution is -0.128. The number of carbonyl (C=O) groups is 1. The molecule has 0 saturated heterocycles. The maximum atomic E-state index is 11.5. The normalized spacial score (nSPS) is 11.1. The summed E-state index contributed by atoms with van der Waals surface area (Å²) >= 11 is 1.75. The molecule has 0 aliphatic carbocycles. The van der Waals surface area contributed by atoms with E-state index < -0.39 is 5.41 Å². The summed E-state index contributed by atoms with van der Waals surface area (Å²) in [5, 5.41) is 2.86. The van der Waals surface area contributed by atoms with Crippen molar-refractivity contribution in [2.75, 3.05) is 24.6 Å². The van der Waals surface area contributed by atoms with Crippen LogP contribution in [-0.2, 0) is 4.79 Å². The van der Waals surface area contributed by atoms with Crippen LogP contribution < -0.4 is 11.1 Å². The average molecular weight is 216 g/mol. The molecule has 0 atom stereocenters. The first-order valence-electron chi connectivity index (χ1n) is 4.71. The number of nitrogens with two attached hydrogens (primary N) is 1. The van der Waals surface area contributed by atoms with E-state index in [1.165, 1.54) is 0 Å². The lowest BCUT2D eigenvalue weighted by atomic mass is 9.93. The van der Waals surface area contributed by atoms with Crippen molar-refractivity contribution in [2.24, 2.45) is 11.1 Å². The summed E-state index contributed by atoms with van der Waals surface area (Å²) in [6.45, 7) is 8.38. The lowest BCUT2D eigenvalue weighted by Gasteiger charge is -2.20. The Balaban J connectivity index is 3.59. The van der Waals surface area contributed by atoms with Crippen LogP contribution in [0.2, 0.25) is 0 Å². The van der Waals surface area contributed by atoms with Gasteiger partial charge in [-0.3, -0.25) is 4.79 Å². The highest BCUT2D eigenvalue weighted by Gasteiger charge is 2.24. The van der Waals surface area contributed by atoms with Crippen molar-refractivity contribution in [1.82, 2.24) is 5.32 Å². The molecule has 82 valence electrons. The highest BCUT2D eigenvalue weighted by Crippen LogP contribution is 2.11. The van der Waals surface area contributed by atoms with E-state index in [0.717, 1.165) is 11.5 Å². The van der Waals surface area contributed by atoms with Crippen LogP contribution in [0.25, 0.3) is 0 Å². The standard InChI is InChI=1S/C10H20N2OS/c1-4-6-14-7-5-12-9(13)10(2,3)8-11/h4H,1,5-8,11H2,2-3H3,(H,12,13). The van der Waals surface area contributed by atoms with Gasteiger partial charge >= 0.3 is 0 Å². The van der Waals surface area contributed by atoms with Crippen molar-refractivity contribution in [2.45, 2.75) is 13.8 Å². The summed E-state index contributed by atoms with van der Waals surface area (Å²) in [6.07, 6.45) is 1.86. The van der Waals surface area contributed by atoms with Gasteiger partial charge in [-0.25, -0.2) is 0 Å². The summed E-state index contributed by atoms with van der Waals surface area (Å²) in [4.78, 5) is 11.5. The maximum absolute atomic E-state index is 11.5. The zero-order valence-electron chi connectivity index (χ0n) is 9.01. The average Bonchev–Trinajstić information content (AvgIpc) is 2.17. The number of nitrogens with one attached hydrogen (secondary N) is 1. The van der Waals surface area contributed by atoms with Gasteiger partial charge in [0.25, 0.3) is 0 Å². The fourth-order valence-electron chi connectivity index (χ4n) is 0.735. The molecular formula is C10H20N2OS. The molecule has 0 aliphatic heterocycles. The first-order valence-corrected chi connectivity index (χ1v) is 5.87. The summed E-state index contributed by atoms with van der Waals surface area (Å²) < 4.78 is 0. The SMILES string of the molecule is C=CCSCCNC(=O)C(C)(C)CN. The summed E-state index contributed by atoms with van der Waals surface area (Å²) in [6, 6.07) is 0. The quantitative estimate of drug-likeness (QED) is 0.493. The Morgan fingerprint density at radius 1 is 1.64 bits per heavy atom. The molecule has 14 heavy (non-hydrogen) atoms. The summed E-state index contributed by atoms with van der Waals surface area (Å²) in [5.74, 6) is 1.87. The predicted octanol–water partition coefficient (Wildman–Crippen LogP) is 1.01. The second-order valence-electron chi connectivity index (χ2n) is 3.71. The molecule has 0 aromatic carbocycles. The Morgan fingerprint density at radius 2 is 2.29 bits per heavy atom. The number of hydrogen-bond donors (Lipinski definition) is 2. The van der Waals surface area contributed by atoms with Crippen molar-refractivity contribution in [3.8, 4) is 0 Å². The second kappa shape index (κ2) is 6.90. The van der Waals surface area contributed by atoms with Crippen molar-refractivity contribution < 1.29 is 4.79 Å². The molecule has 0 saturated carbocycles. The zero-order valence-corrected chi connectivity index (χ0v) is 9.82. The number of amides is 1. The Labute approximate surface area is 90.5 Å². The third-order valence-electron chi connectivity index (χ3n) is 1.89. The smallest absolute Gasteiger partial charge is 0.226 e. The fourth-order valence-corrected chi connectivity index (χ4v) is 1.32. The number of thioether (sulfide) groups is 1. The van der Waals surface area contributed by atoms with Crippen LogP contribution in [0.5, 0.6) is 0 Å². The third kappa shape index (κ3) is 5.29. The van der Waals surface area contributed by atoms with E-state index in [1.807, 2.05) is 19.9 Å². The minimum Gasteiger partial charge on any atom is -0.355 e. The van der Waals surface area contributed by atoms with Gasteiger partial charge in [0.05, 0.1) is 5.41 Å². The lowest BCUT2D eigenvalue weighted by Crippen LogP contribution is -2.42. The highest BCUT2D eigenvalue weighted by molar-refractivity contribution is 7.99. The molecule has 4 heteroatoms. The van der Waals surface area contributed by atoms with E-state index in [9.17, 15) is 4.79 Å². The van der Waals surface area contributed by atoms with Gasteiger partial charge in [0.15, 0.2) is 0 Å². The molecule has 0 unspecified atom stereocenters. The van der Waals surface area contributed by atoms with Crippen molar-refractivity contribution in [3.63, 3.8) is 0 Å². The molecule has 1 amide bonds. The van der Waals surface area contributed by atoms with Crippen molar-refractivity contribution in [3.05, 3.63) is 12.7 Å². The zero-order chi connectivity index (χ0) is 11.0. The number of hydrogen-bond acceptors (Lipinski definition) is 3. The van der Waals surface area contributed by atoms with E-state index in [4.69, 9.17) is 5.73 Å². The molecule has 0 rings (SSSR count).